The summed E-state index contributed by atoms with van der Waals surface area (Å²) in [6.07, 6.45) is 0.738. The van der Waals surface area contributed by atoms with Gasteiger partial charge in [-0.25, -0.2) is 4.79 Å². The molecule has 0 saturated heterocycles. The second kappa shape index (κ2) is 11.2. The molecule has 0 aliphatic carbocycles. The van der Waals surface area contributed by atoms with Gasteiger partial charge < -0.3 is 14.8 Å². The summed E-state index contributed by atoms with van der Waals surface area (Å²) in [6.45, 7) is 4.16. The van der Waals surface area contributed by atoms with Crippen LogP contribution < -0.4 is 10.1 Å². The van der Waals surface area contributed by atoms with Crippen LogP contribution >= 0.6 is 0 Å². The second-order valence-electron chi connectivity index (χ2n) is 8.93. The van der Waals surface area contributed by atoms with Crippen molar-refractivity contribution in [3.05, 3.63) is 101 Å². The third kappa shape index (κ3) is 5.62. The number of pyridine rings is 1. The first kappa shape index (κ1) is 24.5. The number of anilines is 1. The molecule has 1 N–H and O–H groups in total. The smallest absolute Gasteiger partial charge is 0.339 e. The number of aromatic nitrogens is 1. The maximum absolute atomic E-state index is 13.4. The first-order valence-corrected chi connectivity index (χ1v) is 12.5. The molecule has 1 amide bonds. The topological polar surface area (TPSA) is 80.8 Å². The van der Waals surface area contributed by atoms with Gasteiger partial charge in [-0.2, -0.15) is 0 Å². The largest absolute Gasteiger partial charge is 0.492 e. The van der Waals surface area contributed by atoms with Gasteiger partial charge in [-0.1, -0.05) is 60.7 Å². The van der Waals surface area contributed by atoms with Gasteiger partial charge in [-0.15, -0.1) is 0 Å². The van der Waals surface area contributed by atoms with Crippen molar-refractivity contribution in [1.82, 2.24) is 9.88 Å². The van der Waals surface area contributed by atoms with Crippen molar-refractivity contribution in [2.75, 3.05) is 25.1 Å². The van der Waals surface area contributed by atoms with Crippen molar-refractivity contribution in [2.24, 2.45) is 0 Å². The normalized spacial score (nSPS) is 13.1. The first-order chi connectivity index (χ1) is 18.1. The molecule has 0 bridgehead atoms. The molecule has 7 nitrogen and oxygen atoms in total. The van der Waals surface area contributed by atoms with Crippen LogP contribution in [0.3, 0.4) is 0 Å². The molecule has 1 aromatic heterocycles. The Balaban J connectivity index is 1.36. The molecular weight excluding hydrogens is 466 g/mol. The number of benzene rings is 3. The zero-order chi connectivity index (χ0) is 25.6. The van der Waals surface area contributed by atoms with Crippen LogP contribution in [-0.2, 0) is 29.0 Å². The molecule has 1 aliphatic rings. The number of amides is 1. The number of nitrogens with one attached hydrogen (secondary N) is 1. The SMILES string of the molecule is CCOc1ccccc1NC(=O)COC(=O)c1c2c(nc3ccccc13)CCN(Cc1ccccc1)C2. The number of ether oxygens (including phenoxy) is 2. The molecule has 0 radical (unpaired) electrons. The van der Waals surface area contributed by atoms with E-state index in [4.69, 9.17) is 14.5 Å². The Morgan fingerprint density at radius 1 is 0.973 bits per heavy atom. The summed E-state index contributed by atoms with van der Waals surface area (Å²) < 4.78 is 11.1. The molecular formula is C30H29N3O4. The maximum atomic E-state index is 13.4. The number of rotatable bonds is 8. The predicted molar refractivity (Wildman–Crippen MR) is 143 cm³/mol. The van der Waals surface area contributed by atoms with Gasteiger partial charge in [0.25, 0.3) is 5.91 Å². The van der Waals surface area contributed by atoms with Crippen LogP contribution in [-0.4, -0.2) is 41.5 Å². The van der Waals surface area contributed by atoms with E-state index in [9.17, 15) is 9.59 Å². The minimum Gasteiger partial charge on any atom is -0.492 e. The van der Waals surface area contributed by atoms with Crippen LogP contribution in [0.5, 0.6) is 5.75 Å². The van der Waals surface area contributed by atoms with E-state index in [0.29, 0.717) is 30.2 Å². The van der Waals surface area contributed by atoms with Gasteiger partial charge in [0, 0.05) is 42.7 Å². The van der Waals surface area contributed by atoms with E-state index in [0.717, 1.165) is 41.7 Å². The van der Waals surface area contributed by atoms with Crippen LogP contribution in [0.25, 0.3) is 10.9 Å². The van der Waals surface area contributed by atoms with E-state index >= 15 is 0 Å². The van der Waals surface area contributed by atoms with Crippen molar-refractivity contribution >= 4 is 28.5 Å². The third-order valence-corrected chi connectivity index (χ3v) is 6.37. The van der Waals surface area contributed by atoms with Gasteiger partial charge in [0.05, 0.1) is 23.4 Å². The molecule has 188 valence electrons. The Morgan fingerprint density at radius 3 is 2.57 bits per heavy atom. The van der Waals surface area contributed by atoms with E-state index in [2.05, 4.69) is 22.3 Å². The number of carbonyl (C=O) groups excluding carboxylic acids is 2. The average Bonchev–Trinajstić information content (AvgIpc) is 2.92. The first-order valence-electron chi connectivity index (χ1n) is 12.5. The van der Waals surface area contributed by atoms with Crippen molar-refractivity contribution in [2.45, 2.75) is 26.4 Å². The molecule has 0 fully saturated rings. The molecule has 7 heteroatoms. The lowest BCUT2D eigenvalue weighted by atomic mass is 9.95. The number of nitrogens with zero attached hydrogens (tertiary/aromatic N) is 2. The fourth-order valence-electron chi connectivity index (χ4n) is 4.70. The molecule has 1 aliphatic heterocycles. The summed E-state index contributed by atoms with van der Waals surface area (Å²) in [6, 6.07) is 25.0. The van der Waals surface area contributed by atoms with Gasteiger partial charge in [-0.05, 0) is 30.7 Å². The zero-order valence-electron chi connectivity index (χ0n) is 20.8. The van der Waals surface area contributed by atoms with Crippen LogP contribution in [0.1, 0.15) is 34.1 Å². The number of fused-ring (bicyclic) bond motifs is 2. The highest BCUT2D eigenvalue weighted by Crippen LogP contribution is 2.30. The van der Waals surface area contributed by atoms with Crippen molar-refractivity contribution < 1.29 is 19.1 Å². The third-order valence-electron chi connectivity index (χ3n) is 6.37. The van der Waals surface area contributed by atoms with Gasteiger partial charge in [0.15, 0.2) is 6.61 Å². The van der Waals surface area contributed by atoms with Crippen LogP contribution in [0.4, 0.5) is 5.69 Å². The molecule has 0 unspecified atom stereocenters. The Morgan fingerprint density at radius 2 is 1.73 bits per heavy atom. The molecule has 3 aromatic carbocycles. The minimum absolute atomic E-state index is 0.404. The predicted octanol–water partition coefficient (Wildman–Crippen LogP) is 4.99. The molecule has 5 rings (SSSR count). The number of hydrogen-bond acceptors (Lipinski definition) is 6. The summed E-state index contributed by atoms with van der Waals surface area (Å²) in [4.78, 5) is 33.3. The minimum atomic E-state index is -0.523. The monoisotopic (exact) mass is 495 g/mol. The molecule has 2 heterocycles. The van der Waals surface area contributed by atoms with Crippen LogP contribution in [0.2, 0.25) is 0 Å². The number of carbonyl (C=O) groups is 2. The Bertz CT molecular complexity index is 1420. The van der Waals surface area contributed by atoms with Gasteiger partial charge in [-0.3, -0.25) is 14.7 Å². The molecule has 0 saturated carbocycles. The van der Waals surface area contributed by atoms with E-state index in [1.54, 1.807) is 18.2 Å². The summed E-state index contributed by atoms with van der Waals surface area (Å²) >= 11 is 0. The Labute approximate surface area is 216 Å². The van der Waals surface area contributed by atoms with Gasteiger partial charge >= 0.3 is 5.97 Å². The fourth-order valence-corrected chi connectivity index (χ4v) is 4.70. The molecule has 4 aromatic rings. The van der Waals surface area contributed by atoms with Crippen LogP contribution in [0.15, 0.2) is 78.9 Å². The summed E-state index contributed by atoms with van der Waals surface area (Å²) in [5.41, 5.74) is 4.76. The number of esters is 1. The van der Waals surface area contributed by atoms with E-state index in [1.165, 1.54) is 5.56 Å². The highest BCUT2D eigenvalue weighted by Gasteiger charge is 2.27. The van der Waals surface area contributed by atoms with E-state index in [-0.39, 0.29) is 0 Å². The quantitative estimate of drug-likeness (QED) is 0.347. The molecule has 37 heavy (non-hydrogen) atoms. The standard InChI is InChI=1S/C30H29N3O4/c1-2-36-27-15-9-8-14-26(27)32-28(34)20-37-30(35)29-22-12-6-7-13-24(22)31-25-16-17-33(19-23(25)29)18-21-10-4-3-5-11-21/h3-15H,2,16-20H2,1H3,(H,32,34). The zero-order valence-corrected chi connectivity index (χ0v) is 20.8. The maximum Gasteiger partial charge on any atom is 0.339 e. The van der Waals surface area contributed by atoms with E-state index in [1.807, 2.05) is 55.5 Å². The highest BCUT2D eigenvalue weighted by molar-refractivity contribution is 6.06. The van der Waals surface area contributed by atoms with Crippen molar-refractivity contribution in [1.29, 1.82) is 0 Å². The number of hydrogen-bond donors (Lipinski definition) is 1. The fraction of sp³-hybridized carbons (Fsp3) is 0.233. The lowest BCUT2D eigenvalue weighted by molar-refractivity contribution is -0.119. The average molecular weight is 496 g/mol. The van der Waals surface area contributed by atoms with E-state index < -0.39 is 18.5 Å². The Hall–Kier alpha value is -4.23. The molecule has 0 spiro atoms. The van der Waals surface area contributed by atoms with Gasteiger partial charge in [0.2, 0.25) is 0 Å². The van der Waals surface area contributed by atoms with Crippen LogP contribution in [0, 0.1) is 0 Å². The summed E-state index contributed by atoms with van der Waals surface area (Å²) in [7, 11) is 0. The molecule has 0 atom stereocenters. The summed E-state index contributed by atoms with van der Waals surface area (Å²) in [5, 5.41) is 3.51. The van der Waals surface area contributed by atoms with Gasteiger partial charge in [0.1, 0.15) is 5.75 Å². The second-order valence-corrected chi connectivity index (χ2v) is 8.93. The van der Waals surface area contributed by atoms with Crippen molar-refractivity contribution in [3.63, 3.8) is 0 Å². The highest BCUT2D eigenvalue weighted by atomic mass is 16.5. The Kier molecular flexibility index (Phi) is 7.42. The summed E-state index contributed by atoms with van der Waals surface area (Å²) in [5.74, 6) is -0.388. The van der Waals surface area contributed by atoms with Crippen molar-refractivity contribution in [3.8, 4) is 5.75 Å². The number of para-hydroxylation sites is 3. The lowest BCUT2D eigenvalue weighted by Crippen LogP contribution is -2.32. The lowest BCUT2D eigenvalue weighted by Gasteiger charge is -2.30.